The summed E-state index contributed by atoms with van der Waals surface area (Å²) in [6.45, 7) is 0.471. The zero-order chi connectivity index (χ0) is 20.2. The van der Waals surface area contributed by atoms with E-state index < -0.39 is 9.84 Å². The van der Waals surface area contributed by atoms with E-state index in [1.165, 1.54) is 18.4 Å². The van der Waals surface area contributed by atoms with Crippen LogP contribution in [-0.4, -0.2) is 39.1 Å². The van der Waals surface area contributed by atoms with Crippen LogP contribution >= 0.6 is 0 Å². The molecule has 0 fully saturated rings. The SMILES string of the molecule is O=C(C=Cc1ccco1)NCCC(=O)NCCCS(=O)(=O)Cc1ccccc1. The van der Waals surface area contributed by atoms with Gasteiger partial charge in [-0.2, -0.15) is 0 Å². The zero-order valence-electron chi connectivity index (χ0n) is 15.5. The lowest BCUT2D eigenvalue weighted by molar-refractivity contribution is -0.121. The van der Waals surface area contributed by atoms with Crippen LogP contribution in [0.3, 0.4) is 0 Å². The summed E-state index contributed by atoms with van der Waals surface area (Å²) in [6, 6.07) is 12.4. The molecule has 0 bridgehead atoms. The maximum absolute atomic E-state index is 12.1. The molecule has 1 aromatic carbocycles. The molecule has 1 heterocycles. The second-order valence-corrected chi connectivity index (χ2v) is 8.35. The van der Waals surface area contributed by atoms with Crippen molar-refractivity contribution in [3.63, 3.8) is 0 Å². The van der Waals surface area contributed by atoms with Crippen molar-refractivity contribution >= 4 is 27.7 Å². The summed E-state index contributed by atoms with van der Waals surface area (Å²) in [5.74, 6) is 0.0117. The Hall–Kier alpha value is -2.87. The van der Waals surface area contributed by atoms with E-state index in [2.05, 4.69) is 10.6 Å². The minimum atomic E-state index is -3.21. The number of amides is 2. The van der Waals surface area contributed by atoms with Crippen molar-refractivity contribution < 1.29 is 22.4 Å². The molecule has 2 N–H and O–H groups in total. The highest BCUT2D eigenvalue weighted by atomic mass is 32.2. The van der Waals surface area contributed by atoms with Gasteiger partial charge in [0.1, 0.15) is 5.76 Å². The number of carbonyl (C=O) groups is 2. The molecule has 2 amide bonds. The molecule has 0 saturated heterocycles. The monoisotopic (exact) mass is 404 g/mol. The van der Waals surface area contributed by atoms with Crippen LogP contribution < -0.4 is 10.6 Å². The normalized spacial score (nSPS) is 11.4. The standard InChI is InChI=1S/C20H24N2O5S/c23-19(10-9-18-8-4-14-27-18)22-13-11-20(24)21-12-5-15-28(25,26)16-17-6-2-1-3-7-17/h1-4,6-10,14H,5,11-13,15-16H2,(H,21,24)(H,22,23). The zero-order valence-corrected chi connectivity index (χ0v) is 16.3. The largest absolute Gasteiger partial charge is 0.465 e. The van der Waals surface area contributed by atoms with E-state index in [0.717, 1.165) is 5.56 Å². The quantitative estimate of drug-likeness (QED) is 0.440. The summed E-state index contributed by atoms with van der Waals surface area (Å²) in [7, 11) is -3.21. The van der Waals surface area contributed by atoms with E-state index in [-0.39, 0.29) is 42.8 Å². The number of carbonyl (C=O) groups excluding carboxylic acids is 2. The molecule has 2 aromatic rings. The summed E-state index contributed by atoms with van der Waals surface area (Å²) in [4.78, 5) is 23.3. The number of benzene rings is 1. The van der Waals surface area contributed by atoms with E-state index in [1.54, 1.807) is 36.4 Å². The Kier molecular flexibility index (Phi) is 8.48. The summed E-state index contributed by atoms with van der Waals surface area (Å²) < 4.78 is 29.2. The van der Waals surface area contributed by atoms with Gasteiger partial charge in [-0.1, -0.05) is 30.3 Å². The van der Waals surface area contributed by atoms with Crippen LogP contribution in [0.15, 0.2) is 59.2 Å². The molecule has 0 aliphatic rings. The molecule has 0 saturated carbocycles. The van der Waals surface area contributed by atoms with Crippen LogP contribution in [0.5, 0.6) is 0 Å². The van der Waals surface area contributed by atoms with Gasteiger partial charge in [-0.15, -0.1) is 0 Å². The molecule has 0 unspecified atom stereocenters. The van der Waals surface area contributed by atoms with Gasteiger partial charge in [0.25, 0.3) is 0 Å². The minimum absolute atomic E-state index is 0.000654. The first-order valence-corrected chi connectivity index (χ1v) is 10.8. The fourth-order valence-corrected chi connectivity index (χ4v) is 3.84. The third kappa shape index (κ3) is 8.68. The van der Waals surface area contributed by atoms with E-state index in [9.17, 15) is 18.0 Å². The molecule has 0 atom stereocenters. The predicted molar refractivity (Wildman–Crippen MR) is 107 cm³/mol. The Balaban J connectivity index is 1.56. The molecule has 28 heavy (non-hydrogen) atoms. The number of nitrogens with one attached hydrogen (secondary N) is 2. The van der Waals surface area contributed by atoms with Crippen LogP contribution in [0.1, 0.15) is 24.2 Å². The van der Waals surface area contributed by atoms with Gasteiger partial charge in [0.05, 0.1) is 17.8 Å². The fraction of sp³-hybridized carbons (Fsp3) is 0.300. The number of hydrogen-bond acceptors (Lipinski definition) is 5. The lowest BCUT2D eigenvalue weighted by Gasteiger charge is -2.07. The first-order chi connectivity index (χ1) is 13.4. The lowest BCUT2D eigenvalue weighted by Crippen LogP contribution is -2.31. The molecule has 0 aliphatic carbocycles. The Morgan fingerprint density at radius 1 is 1.00 bits per heavy atom. The minimum Gasteiger partial charge on any atom is -0.465 e. The molecule has 0 aliphatic heterocycles. The van der Waals surface area contributed by atoms with Crippen LogP contribution in [-0.2, 0) is 25.2 Å². The molecular weight excluding hydrogens is 380 g/mol. The van der Waals surface area contributed by atoms with Crippen molar-refractivity contribution in [1.82, 2.24) is 10.6 Å². The highest BCUT2D eigenvalue weighted by Crippen LogP contribution is 2.07. The van der Waals surface area contributed by atoms with Gasteiger partial charge in [-0.05, 0) is 30.2 Å². The average molecular weight is 404 g/mol. The highest BCUT2D eigenvalue weighted by Gasteiger charge is 2.12. The molecule has 150 valence electrons. The summed E-state index contributed by atoms with van der Waals surface area (Å²) in [5, 5.41) is 5.25. The third-order valence-electron chi connectivity index (χ3n) is 3.78. The lowest BCUT2D eigenvalue weighted by atomic mass is 10.2. The summed E-state index contributed by atoms with van der Waals surface area (Å²) in [5.41, 5.74) is 0.753. The molecule has 0 spiro atoms. The average Bonchev–Trinajstić information content (AvgIpc) is 3.18. The third-order valence-corrected chi connectivity index (χ3v) is 5.46. The van der Waals surface area contributed by atoms with Crippen molar-refractivity contribution in [2.24, 2.45) is 0 Å². The molecule has 7 nitrogen and oxygen atoms in total. The van der Waals surface area contributed by atoms with Gasteiger partial charge >= 0.3 is 0 Å². The molecule has 2 rings (SSSR count). The van der Waals surface area contributed by atoms with Gasteiger partial charge in [0, 0.05) is 25.6 Å². The van der Waals surface area contributed by atoms with Gasteiger partial charge in [-0.25, -0.2) is 8.42 Å². The number of furan rings is 1. The first-order valence-electron chi connectivity index (χ1n) is 8.95. The topological polar surface area (TPSA) is 105 Å². The van der Waals surface area contributed by atoms with Crippen molar-refractivity contribution in [3.8, 4) is 0 Å². The van der Waals surface area contributed by atoms with E-state index >= 15 is 0 Å². The number of hydrogen-bond donors (Lipinski definition) is 2. The van der Waals surface area contributed by atoms with Crippen LogP contribution in [0.25, 0.3) is 6.08 Å². The highest BCUT2D eigenvalue weighted by molar-refractivity contribution is 7.90. The van der Waals surface area contributed by atoms with Gasteiger partial charge < -0.3 is 15.1 Å². The second kappa shape index (κ2) is 11.1. The molecular formula is C20H24N2O5S. The van der Waals surface area contributed by atoms with Crippen molar-refractivity contribution in [2.45, 2.75) is 18.6 Å². The van der Waals surface area contributed by atoms with E-state index in [1.807, 2.05) is 6.07 Å². The second-order valence-electron chi connectivity index (χ2n) is 6.17. The molecule has 1 aromatic heterocycles. The Bertz CT molecular complexity index is 875. The van der Waals surface area contributed by atoms with Crippen LogP contribution in [0.2, 0.25) is 0 Å². The summed E-state index contributed by atoms with van der Waals surface area (Å²) in [6.07, 6.45) is 4.84. The van der Waals surface area contributed by atoms with Gasteiger partial charge in [-0.3, -0.25) is 9.59 Å². The smallest absolute Gasteiger partial charge is 0.244 e. The Labute approximate surface area is 164 Å². The fourth-order valence-electron chi connectivity index (χ4n) is 2.41. The Morgan fingerprint density at radius 3 is 2.50 bits per heavy atom. The van der Waals surface area contributed by atoms with E-state index in [4.69, 9.17) is 4.42 Å². The van der Waals surface area contributed by atoms with Gasteiger partial charge in [0.15, 0.2) is 9.84 Å². The Morgan fingerprint density at radius 2 is 1.79 bits per heavy atom. The van der Waals surface area contributed by atoms with Crippen LogP contribution in [0, 0.1) is 0 Å². The first kappa shape index (κ1) is 21.4. The summed E-state index contributed by atoms with van der Waals surface area (Å²) >= 11 is 0. The maximum atomic E-state index is 12.1. The molecule has 0 radical (unpaired) electrons. The number of rotatable bonds is 11. The van der Waals surface area contributed by atoms with Crippen molar-refractivity contribution in [3.05, 3.63) is 66.1 Å². The van der Waals surface area contributed by atoms with E-state index in [0.29, 0.717) is 12.2 Å². The van der Waals surface area contributed by atoms with Crippen molar-refractivity contribution in [1.29, 1.82) is 0 Å². The maximum Gasteiger partial charge on any atom is 0.244 e. The molecule has 8 heteroatoms. The predicted octanol–water partition coefficient (Wildman–Crippen LogP) is 1.92. The van der Waals surface area contributed by atoms with Crippen LogP contribution in [0.4, 0.5) is 0 Å². The number of sulfone groups is 1. The van der Waals surface area contributed by atoms with Gasteiger partial charge in [0.2, 0.25) is 11.8 Å². The van der Waals surface area contributed by atoms with Crippen molar-refractivity contribution in [2.75, 3.05) is 18.8 Å².